The summed E-state index contributed by atoms with van der Waals surface area (Å²) in [4.78, 5) is 3.51. The van der Waals surface area contributed by atoms with Gasteiger partial charge in [0.15, 0.2) is 5.69 Å². The Kier molecular flexibility index (Phi) is 20.3. The second kappa shape index (κ2) is 33.4. The SMILES string of the molecule is Clc1ccc(-c2ccc3c4ccccc4n(-c4ccc5c6ccccc6n(-c6ccccc6)c5c4)c3c2)cc1.Clc1cccc(-c2ccc3c4ccccc4n(-c4ccc5sc6ccccc6c5c4)c3c2)c1.Clc1cccc(-c2ccc3c4ccccc4n(-c4cccc5ccccc45)c3c2)c1.[C-]#[N+]c1ccc(-n2c3ccccc3c3ccc(-c4cccc(Cl)c4)cc32)cc1. The highest BCUT2D eigenvalue weighted by atomic mass is 35.5. The monoisotopic (exact) mass is 1760 g/mol. The van der Waals surface area contributed by atoms with E-state index in [2.05, 4.69) is 386 Å². The topological polar surface area (TPSA) is 29.0 Å². The maximum absolute atomic E-state index is 7.20. The number of nitrogens with zero attached hydrogens (tertiary/aromatic N) is 6. The number of para-hydroxylation sites is 6. The Morgan fingerprint density at radius 2 is 0.500 bits per heavy atom. The maximum atomic E-state index is 7.20. The van der Waals surface area contributed by atoms with Gasteiger partial charge in [0.25, 0.3) is 0 Å². The van der Waals surface area contributed by atoms with Crippen molar-refractivity contribution >= 4 is 203 Å². The van der Waals surface area contributed by atoms with Crippen LogP contribution in [-0.4, -0.2) is 22.8 Å². The molecule has 0 bridgehead atoms. The summed E-state index contributed by atoms with van der Waals surface area (Å²) >= 11 is 26.8. The third kappa shape index (κ3) is 14.2. The van der Waals surface area contributed by atoms with E-state index in [-0.39, 0.29) is 0 Å². The smallest absolute Gasteiger partial charge is 0.187 e. The van der Waals surface area contributed by atoms with E-state index in [0.29, 0.717) is 5.69 Å². The van der Waals surface area contributed by atoms with Crippen molar-refractivity contribution in [2.24, 2.45) is 0 Å². The number of rotatable bonds is 9. The van der Waals surface area contributed by atoms with E-state index < -0.39 is 0 Å². The first-order valence-corrected chi connectivity index (χ1v) is 45.5. The lowest BCUT2D eigenvalue weighted by Crippen LogP contribution is -1.97. The van der Waals surface area contributed by atoms with Gasteiger partial charge in [0, 0.05) is 122 Å². The molecule has 130 heavy (non-hydrogen) atoms. The molecule has 0 aliphatic heterocycles. The van der Waals surface area contributed by atoms with Crippen molar-refractivity contribution in [3.8, 4) is 72.9 Å². The molecule has 0 amide bonds. The van der Waals surface area contributed by atoms with Crippen LogP contribution in [0.1, 0.15) is 0 Å². The number of thiophene rings is 1. The number of hydrogen-bond acceptors (Lipinski definition) is 1. The molecule has 26 rings (SSSR count). The first kappa shape index (κ1) is 79.2. The molecule has 0 fully saturated rings. The second-order valence-electron chi connectivity index (χ2n) is 32.7. The molecular formula is C119H74Cl4N6S. The summed E-state index contributed by atoms with van der Waals surface area (Å²) in [5.74, 6) is 0. The zero-order valence-corrected chi connectivity index (χ0v) is 73.7. The largest absolute Gasteiger partial charge is 0.309 e. The molecule has 6 nitrogen and oxygen atoms in total. The van der Waals surface area contributed by atoms with Gasteiger partial charge in [0.1, 0.15) is 0 Å². The summed E-state index contributed by atoms with van der Waals surface area (Å²) in [5.41, 5.74) is 27.4. The molecule has 0 saturated carbocycles. The van der Waals surface area contributed by atoms with Gasteiger partial charge >= 0.3 is 0 Å². The quantitative estimate of drug-likeness (QED) is 0.129. The molecule has 0 unspecified atom stereocenters. The minimum atomic E-state index is 0.643. The van der Waals surface area contributed by atoms with Crippen LogP contribution in [0.4, 0.5) is 5.69 Å². The molecule has 614 valence electrons. The van der Waals surface area contributed by atoms with Crippen LogP contribution in [0.25, 0.3) is 218 Å². The summed E-state index contributed by atoms with van der Waals surface area (Å²) in [6, 6.07) is 158. The predicted molar refractivity (Wildman–Crippen MR) is 556 cm³/mol. The van der Waals surface area contributed by atoms with E-state index in [0.717, 1.165) is 87.1 Å². The molecule has 0 aliphatic carbocycles. The lowest BCUT2D eigenvalue weighted by Gasteiger charge is -2.12. The van der Waals surface area contributed by atoms with Crippen molar-refractivity contribution in [1.29, 1.82) is 0 Å². The Bertz CT molecular complexity index is 9010. The Hall–Kier alpha value is -15.5. The summed E-state index contributed by atoms with van der Waals surface area (Å²) in [7, 11) is 0. The summed E-state index contributed by atoms with van der Waals surface area (Å²) in [6.45, 7) is 7.20. The Morgan fingerprint density at radius 3 is 0.969 bits per heavy atom. The molecule has 0 radical (unpaired) electrons. The van der Waals surface area contributed by atoms with Gasteiger partial charge in [-0.25, -0.2) is 4.85 Å². The third-order valence-electron chi connectivity index (χ3n) is 25.1. The van der Waals surface area contributed by atoms with Crippen LogP contribution in [0.2, 0.25) is 20.1 Å². The van der Waals surface area contributed by atoms with Gasteiger partial charge in [-0.15, -0.1) is 11.3 Å². The van der Waals surface area contributed by atoms with Crippen molar-refractivity contribution < 1.29 is 0 Å². The van der Waals surface area contributed by atoms with Crippen molar-refractivity contribution in [2.45, 2.75) is 0 Å². The summed E-state index contributed by atoms with van der Waals surface area (Å²) in [5, 5.41) is 20.6. The Labute approximate surface area is 773 Å². The van der Waals surface area contributed by atoms with Crippen LogP contribution in [0.5, 0.6) is 0 Å². The molecular weight excluding hydrogens is 1690 g/mol. The van der Waals surface area contributed by atoms with E-state index in [1.54, 1.807) is 0 Å². The molecule has 0 spiro atoms. The van der Waals surface area contributed by atoms with E-state index in [4.69, 9.17) is 53.0 Å². The standard InChI is InChI=1S/C36H23ClN2.C30H18ClNS.C28H18ClN.C25H15ClN2/c37-26-17-14-24(15-18-26)25-16-20-31-29-10-5-7-13-34(29)39(35(31)22-25)28-19-21-32-30-11-4-6-12-33(30)38(36(32)23-28)27-8-2-1-3-9-27;31-21-7-5-6-19(16-21)20-12-14-24-23-8-1-3-10-27(23)32(28(24)17-20)22-13-15-30-26(18-22)25-9-2-4-11-29(25)33-30;29-22-10-5-9-20(17-22)21-15-16-25-24-12-3-4-13-27(24)30(28(25)18-21)26-14-6-8-19-7-1-2-11-23(19)26;1-27-20-10-12-21(13-11-20)28-24-8-3-2-7-22(24)23-14-9-18(16-25(23)28)17-5-4-6-19(26)15-17/h1-23H;1-18H;1-18H;2-16H. The fourth-order valence-electron chi connectivity index (χ4n) is 19.2. The molecule has 11 heteroatoms. The molecule has 6 heterocycles. The van der Waals surface area contributed by atoms with Crippen LogP contribution >= 0.6 is 57.7 Å². The average molecular weight is 1760 g/mol. The highest BCUT2D eigenvalue weighted by molar-refractivity contribution is 7.25. The number of benzene rings is 20. The normalized spacial score (nSPS) is 11.5. The Balaban J connectivity index is 0.0000000995. The number of fused-ring (bicyclic) bond motifs is 19. The zero-order chi connectivity index (χ0) is 87.0. The molecule has 0 atom stereocenters. The van der Waals surface area contributed by atoms with Gasteiger partial charge in [-0.2, -0.15) is 0 Å². The van der Waals surface area contributed by atoms with Crippen molar-refractivity contribution in [2.75, 3.05) is 0 Å². The maximum Gasteiger partial charge on any atom is 0.187 e. The van der Waals surface area contributed by atoms with E-state index in [9.17, 15) is 0 Å². The van der Waals surface area contributed by atoms with Crippen LogP contribution in [0.15, 0.2) is 449 Å². The fraction of sp³-hybridized carbons (Fsp3) is 0. The van der Waals surface area contributed by atoms with Gasteiger partial charge < -0.3 is 22.8 Å². The average Bonchev–Trinajstić information content (AvgIpc) is 1.59. The van der Waals surface area contributed by atoms with Gasteiger partial charge in [-0.05, 0) is 220 Å². The van der Waals surface area contributed by atoms with E-state index >= 15 is 0 Å². The highest BCUT2D eigenvalue weighted by Gasteiger charge is 2.22. The first-order chi connectivity index (χ1) is 64.1. The second-order valence-corrected chi connectivity index (χ2v) is 35.5. The molecule has 6 aromatic heterocycles. The zero-order valence-electron chi connectivity index (χ0n) is 69.8. The van der Waals surface area contributed by atoms with Gasteiger partial charge in [0.05, 0.1) is 67.4 Å². The predicted octanol–water partition coefficient (Wildman–Crippen LogP) is 35.6. The molecule has 0 aliphatic rings. The first-order valence-electron chi connectivity index (χ1n) is 43.2. The van der Waals surface area contributed by atoms with Crippen LogP contribution in [-0.2, 0) is 0 Å². The minimum absolute atomic E-state index is 0.643. The highest BCUT2D eigenvalue weighted by Crippen LogP contribution is 2.45. The van der Waals surface area contributed by atoms with Gasteiger partial charge in [-0.3, -0.25) is 0 Å². The number of halogens is 4. The van der Waals surface area contributed by atoms with Crippen LogP contribution in [0, 0.1) is 6.57 Å². The van der Waals surface area contributed by atoms with Crippen LogP contribution < -0.4 is 0 Å². The summed E-state index contributed by atoms with van der Waals surface area (Å²) in [6.07, 6.45) is 0. The Morgan fingerprint density at radius 1 is 0.185 bits per heavy atom. The van der Waals surface area contributed by atoms with Crippen molar-refractivity contribution in [1.82, 2.24) is 22.8 Å². The van der Waals surface area contributed by atoms with Gasteiger partial charge in [0.2, 0.25) is 0 Å². The van der Waals surface area contributed by atoms with Gasteiger partial charge in [-0.1, -0.05) is 325 Å². The molecule has 0 saturated heterocycles. The minimum Gasteiger partial charge on any atom is -0.309 e. The molecule has 0 N–H and O–H groups in total. The molecule has 26 aromatic rings. The van der Waals surface area contributed by atoms with Crippen molar-refractivity contribution in [3.63, 3.8) is 0 Å². The van der Waals surface area contributed by atoms with E-state index in [1.165, 1.54) is 146 Å². The molecule has 20 aromatic carbocycles. The fourth-order valence-corrected chi connectivity index (χ4v) is 21.0. The number of hydrogen-bond donors (Lipinski definition) is 0. The van der Waals surface area contributed by atoms with Crippen molar-refractivity contribution in [3.05, 3.63) is 480 Å². The van der Waals surface area contributed by atoms with E-state index in [1.807, 2.05) is 102 Å². The third-order valence-corrected chi connectivity index (χ3v) is 27.2. The number of aromatic nitrogens is 5. The lowest BCUT2D eigenvalue weighted by atomic mass is 10.0. The van der Waals surface area contributed by atoms with Crippen LogP contribution in [0.3, 0.4) is 0 Å². The summed E-state index contributed by atoms with van der Waals surface area (Å²) < 4.78 is 14.5. The lowest BCUT2D eigenvalue weighted by molar-refractivity contribution is 1.15.